The first-order chi connectivity index (χ1) is 4.52. The zero-order valence-corrected chi connectivity index (χ0v) is 8.59. The Balaban J connectivity index is 3.99. The molecule has 0 aliphatic rings. The highest BCUT2D eigenvalue weighted by Crippen LogP contribution is 1.89. The molecule has 0 aliphatic carbocycles. The number of nitrogens with zero attached hydrogens (tertiary/aromatic N) is 2. The van der Waals surface area contributed by atoms with E-state index in [0.29, 0.717) is 4.83 Å². The Labute approximate surface area is 71.0 Å². The van der Waals surface area contributed by atoms with Crippen molar-refractivity contribution in [1.29, 1.82) is 0 Å². The number of hydrogen-bond acceptors (Lipinski definition) is 0. The second-order valence-electron chi connectivity index (χ2n) is 2.67. The van der Waals surface area contributed by atoms with E-state index in [1.165, 1.54) is 0 Å². The average Bonchev–Trinajstić information content (AvgIpc) is 1.58. The van der Waals surface area contributed by atoms with Crippen molar-refractivity contribution in [3.05, 3.63) is 0 Å². The van der Waals surface area contributed by atoms with E-state index in [9.17, 15) is 0 Å². The van der Waals surface area contributed by atoms with Crippen molar-refractivity contribution in [1.82, 2.24) is 0 Å². The van der Waals surface area contributed by atoms with E-state index in [1.807, 2.05) is 37.3 Å². The SMILES string of the molecule is C[N+](C)=CC(Br)C=[N+](C)C. The summed E-state index contributed by atoms with van der Waals surface area (Å²) in [4.78, 5) is 0.331. The Bertz CT molecular complexity index is 135. The van der Waals surface area contributed by atoms with Gasteiger partial charge in [-0.2, -0.15) is 0 Å². The summed E-state index contributed by atoms with van der Waals surface area (Å²) in [6.07, 6.45) is 4.17. The van der Waals surface area contributed by atoms with Gasteiger partial charge in [-0.3, -0.25) is 0 Å². The molecule has 0 radical (unpaired) electrons. The molecule has 0 amide bonds. The van der Waals surface area contributed by atoms with Gasteiger partial charge in [0.15, 0.2) is 17.3 Å². The minimum Gasteiger partial charge on any atom is -0.243 e. The standard InChI is InChI=1S/C7H15BrN2/c1-9(2)5-7(8)6-10(3)4/h5-7H,1-4H3/q+2. The van der Waals surface area contributed by atoms with Gasteiger partial charge in [-0.1, -0.05) is 15.9 Å². The molecular formula is C7H15BrN2+2. The van der Waals surface area contributed by atoms with Gasteiger partial charge in [0.25, 0.3) is 0 Å². The lowest BCUT2D eigenvalue weighted by atomic mass is 10.5. The molecule has 0 heterocycles. The Hall–Kier alpha value is -0.180. The fourth-order valence-corrected chi connectivity index (χ4v) is 1.55. The second-order valence-corrected chi connectivity index (χ2v) is 3.73. The molecule has 0 N–H and O–H groups in total. The van der Waals surface area contributed by atoms with E-state index in [-0.39, 0.29) is 0 Å². The molecule has 0 spiro atoms. The highest BCUT2D eigenvalue weighted by atomic mass is 79.9. The Kier molecular flexibility index (Phi) is 4.52. The zero-order valence-electron chi connectivity index (χ0n) is 7.00. The van der Waals surface area contributed by atoms with E-state index in [1.54, 1.807) is 0 Å². The minimum absolute atomic E-state index is 0.331. The van der Waals surface area contributed by atoms with E-state index in [2.05, 4.69) is 28.4 Å². The van der Waals surface area contributed by atoms with Crippen molar-refractivity contribution in [2.75, 3.05) is 28.2 Å². The van der Waals surface area contributed by atoms with Crippen LogP contribution in [0, 0.1) is 0 Å². The summed E-state index contributed by atoms with van der Waals surface area (Å²) in [5.74, 6) is 0. The molecular weight excluding hydrogens is 192 g/mol. The normalized spacial score (nSPS) is 9.40. The van der Waals surface area contributed by atoms with Gasteiger partial charge in [0.1, 0.15) is 28.2 Å². The molecule has 0 aliphatic heterocycles. The highest BCUT2D eigenvalue weighted by Gasteiger charge is 2.03. The zero-order chi connectivity index (χ0) is 8.15. The lowest BCUT2D eigenvalue weighted by molar-refractivity contribution is -0.464. The van der Waals surface area contributed by atoms with Gasteiger partial charge in [0.2, 0.25) is 0 Å². The van der Waals surface area contributed by atoms with E-state index >= 15 is 0 Å². The van der Waals surface area contributed by atoms with Crippen LogP contribution in [0.25, 0.3) is 0 Å². The van der Waals surface area contributed by atoms with Crippen molar-refractivity contribution in [2.45, 2.75) is 4.83 Å². The van der Waals surface area contributed by atoms with Crippen LogP contribution in [0.15, 0.2) is 0 Å². The topological polar surface area (TPSA) is 6.02 Å². The summed E-state index contributed by atoms with van der Waals surface area (Å²) < 4.78 is 4.05. The largest absolute Gasteiger partial charge is 0.243 e. The summed E-state index contributed by atoms with van der Waals surface area (Å²) in [5.41, 5.74) is 0. The summed E-state index contributed by atoms with van der Waals surface area (Å²) >= 11 is 3.48. The van der Waals surface area contributed by atoms with Crippen LogP contribution < -0.4 is 0 Å². The maximum absolute atomic E-state index is 3.48. The predicted molar refractivity (Wildman–Crippen MR) is 49.1 cm³/mol. The summed E-state index contributed by atoms with van der Waals surface area (Å²) in [6, 6.07) is 0. The van der Waals surface area contributed by atoms with Gasteiger partial charge in [-0.15, -0.1) is 0 Å². The Morgan fingerprint density at radius 3 is 1.50 bits per heavy atom. The molecule has 10 heavy (non-hydrogen) atoms. The van der Waals surface area contributed by atoms with Gasteiger partial charge >= 0.3 is 0 Å². The highest BCUT2D eigenvalue weighted by molar-refractivity contribution is 9.10. The quantitative estimate of drug-likeness (QED) is 0.352. The number of hydrogen-bond donors (Lipinski definition) is 0. The number of alkyl halides is 1. The summed E-state index contributed by atoms with van der Waals surface area (Å²) in [5, 5.41) is 0. The van der Waals surface area contributed by atoms with Crippen LogP contribution >= 0.6 is 15.9 Å². The molecule has 3 heteroatoms. The van der Waals surface area contributed by atoms with Crippen molar-refractivity contribution in [2.24, 2.45) is 0 Å². The van der Waals surface area contributed by atoms with E-state index < -0.39 is 0 Å². The van der Waals surface area contributed by atoms with Crippen molar-refractivity contribution < 1.29 is 9.15 Å². The molecule has 0 saturated heterocycles. The molecule has 0 fully saturated rings. The smallest absolute Gasteiger partial charge is 0.167 e. The Morgan fingerprint density at radius 2 is 1.30 bits per heavy atom. The molecule has 0 rings (SSSR count). The van der Waals surface area contributed by atoms with Crippen molar-refractivity contribution in [3.8, 4) is 0 Å². The van der Waals surface area contributed by atoms with E-state index in [4.69, 9.17) is 0 Å². The molecule has 2 nitrogen and oxygen atoms in total. The van der Waals surface area contributed by atoms with Crippen molar-refractivity contribution >= 4 is 28.4 Å². The molecule has 0 aromatic carbocycles. The predicted octanol–water partition coefficient (Wildman–Crippen LogP) is 0.436. The monoisotopic (exact) mass is 206 g/mol. The van der Waals surface area contributed by atoms with Crippen LogP contribution in [0.4, 0.5) is 0 Å². The van der Waals surface area contributed by atoms with Crippen LogP contribution in [-0.4, -0.2) is 54.6 Å². The van der Waals surface area contributed by atoms with Crippen LogP contribution in [0.2, 0.25) is 0 Å². The fraction of sp³-hybridized carbons (Fsp3) is 0.714. The molecule has 0 saturated carbocycles. The first kappa shape index (κ1) is 9.82. The van der Waals surface area contributed by atoms with Crippen LogP contribution in [0.5, 0.6) is 0 Å². The number of rotatable bonds is 2. The van der Waals surface area contributed by atoms with Gasteiger partial charge < -0.3 is 0 Å². The second kappa shape index (κ2) is 4.61. The maximum Gasteiger partial charge on any atom is 0.167 e. The molecule has 0 aromatic rings. The van der Waals surface area contributed by atoms with Gasteiger partial charge in [0, 0.05) is 0 Å². The minimum atomic E-state index is 0.331. The molecule has 0 bridgehead atoms. The summed E-state index contributed by atoms with van der Waals surface area (Å²) in [6.45, 7) is 0. The molecule has 0 unspecified atom stereocenters. The first-order valence-corrected chi connectivity index (χ1v) is 4.11. The third kappa shape index (κ3) is 5.95. The van der Waals surface area contributed by atoms with Gasteiger partial charge in [-0.25, -0.2) is 9.15 Å². The first-order valence-electron chi connectivity index (χ1n) is 3.19. The van der Waals surface area contributed by atoms with E-state index in [0.717, 1.165) is 0 Å². The van der Waals surface area contributed by atoms with Crippen LogP contribution in [-0.2, 0) is 0 Å². The van der Waals surface area contributed by atoms with Crippen molar-refractivity contribution in [3.63, 3.8) is 0 Å². The average molecular weight is 207 g/mol. The molecule has 58 valence electrons. The number of halogens is 1. The molecule has 0 atom stereocenters. The summed E-state index contributed by atoms with van der Waals surface area (Å²) in [7, 11) is 8.05. The third-order valence-electron chi connectivity index (χ3n) is 0.881. The Morgan fingerprint density at radius 1 is 1.00 bits per heavy atom. The maximum atomic E-state index is 3.48. The molecule has 0 aromatic heterocycles. The lowest BCUT2D eigenvalue weighted by Crippen LogP contribution is -2.15. The van der Waals surface area contributed by atoms with Gasteiger partial charge in [0.05, 0.1) is 0 Å². The van der Waals surface area contributed by atoms with Gasteiger partial charge in [-0.05, 0) is 0 Å². The fourth-order valence-electron chi connectivity index (χ4n) is 0.608. The van der Waals surface area contributed by atoms with Crippen LogP contribution in [0.3, 0.4) is 0 Å². The lowest BCUT2D eigenvalue weighted by Gasteiger charge is -1.90. The third-order valence-corrected chi connectivity index (χ3v) is 1.35. The van der Waals surface area contributed by atoms with Crippen LogP contribution in [0.1, 0.15) is 0 Å².